The number of benzene rings is 1. The Bertz CT molecular complexity index is 638. The number of aromatic nitrogens is 1. The van der Waals surface area contributed by atoms with Gasteiger partial charge in [0.1, 0.15) is 11.6 Å². The second-order valence-corrected chi connectivity index (χ2v) is 4.59. The van der Waals surface area contributed by atoms with Gasteiger partial charge in [-0.2, -0.15) is 0 Å². The summed E-state index contributed by atoms with van der Waals surface area (Å²) in [5.74, 6) is 1.31. The lowest BCUT2D eigenvalue weighted by molar-refractivity contribution is 0.102. The van der Waals surface area contributed by atoms with Crippen LogP contribution < -0.4 is 10.1 Å². The number of aryl methyl sites for hydroxylation is 1. The number of anilines is 1. The summed E-state index contributed by atoms with van der Waals surface area (Å²) >= 11 is 0. The van der Waals surface area contributed by atoms with Gasteiger partial charge in [-0.05, 0) is 48.4 Å². The van der Waals surface area contributed by atoms with Crippen molar-refractivity contribution in [3.05, 3.63) is 53.2 Å². The number of pyridine rings is 1. The van der Waals surface area contributed by atoms with Crippen molar-refractivity contribution < 1.29 is 9.53 Å². The third-order valence-corrected chi connectivity index (χ3v) is 3.11. The molecule has 1 aromatic heterocycles. The molecule has 0 saturated heterocycles. The maximum absolute atomic E-state index is 12.1. The van der Waals surface area contributed by atoms with Gasteiger partial charge >= 0.3 is 0 Å². The second kappa shape index (κ2) is 4.72. The fourth-order valence-electron chi connectivity index (χ4n) is 2.12. The molecule has 4 nitrogen and oxygen atoms in total. The molecule has 1 aliphatic rings. The molecule has 0 fully saturated rings. The number of fused-ring (bicyclic) bond motifs is 1. The van der Waals surface area contributed by atoms with E-state index in [0.29, 0.717) is 18.0 Å². The van der Waals surface area contributed by atoms with Crippen molar-refractivity contribution in [1.29, 1.82) is 0 Å². The highest BCUT2D eigenvalue weighted by atomic mass is 16.5. The van der Waals surface area contributed by atoms with Crippen molar-refractivity contribution in [1.82, 2.24) is 4.98 Å². The van der Waals surface area contributed by atoms with E-state index in [-0.39, 0.29) is 5.91 Å². The number of rotatable bonds is 2. The minimum absolute atomic E-state index is 0.146. The van der Waals surface area contributed by atoms with E-state index in [1.165, 1.54) is 0 Å². The molecule has 0 aliphatic carbocycles. The Labute approximate surface area is 111 Å². The lowest BCUT2D eigenvalue weighted by Crippen LogP contribution is -2.13. The van der Waals surface area contributed by atoms with E-state index in [0.717, 1.165) is 23.3 Å². The van der Waals surface area contributed by atoms with Gasteiger partial charge in [0.2, 0.25) is 0 Å². The van der Waals surface area contributed by atoms with Gasteiger partial charge in [-0.25, -0.2) is 4.98 Å². The number of amides is 1. The van der Waals surface area contributed by atoms with E-state index < -0.39 is 0 Å². The summed E-state index contributed by atoms with van der Waals surface area (Å²) < 4.78 is 5.42. The first kappa shape index (κ1) is 11.7. The van der Waals surface area contributed by atoms with E-state index in [1.54, 1.807) is 12.3 Å². The predicted molar refractivity (Wildman–Crippen MR) is 72.6 cm³/mol. The van der Waals surface area contributed by atoms with Gasteiger partial charge < -0.3 is 10.1 Å². The average Bonchev–Trinajstić information content (AvgIpc) is 2.85. The zero-order chi connectivity index (χ0) is 13.2. The third kappa shape index (κ3) is 2.42. The van der Waals surface area contributed by atoms with Crippen molar-refractivity contribution in [2.75, 3.05) is 11.9 Å². The van der Waals surface area contributed by atoms with Gasteiger partial charge in [-0.1, -0.05) is 0 Å². The van der Waals surface area contributed by atoms with Crippen LogP contribution in [0.25, 0.3) is 0 Å². The fourth-order valence-corrected chi connectivity index (χ4v) is 2.12. The summed E-state index contributed by atoms with van der Waals surface area (Å²) in [6.45, 7) is 2.66. The maximum atomic E-state index is 12.1. The first-order valence-electron chi connectivity index (χ1n) is 6.22. The highest BCUT2D eigenvalue weighted by Gasteiger charge is 2.15. The molecule has 0 bridgehead atoms. The van der Waals surface area contributed by atoms with E-state index in [9.17, 15) is 4.79 Å². The quantitative estimate of drug-likeness (QED) is 0.896. The molecule has 2 heterocycles. The molecular weight excluding hydrogens is 240 g/mol. The molecule has 4 heteroatoms. The second-order valence-electron chi connectivity index (χ2n) is 4.59. The molecule has 0 atom stereocenters. The maximum Gasteiger partial charge on any atom is 0.256 e. The Morgan fingerprint density at radius 1 is 1.32 bits per heavy atom. The molecule has 1 amide bonds. The van der Waals surface area contributed by atoms with Crippen LogP contribution in [0.4, 0.5) is 5.82 Å². The molecule has 0 radical (unpaired) electrons. The average molecular weight is 254 g/mol. The summed E-state index contributed by atoms with van der Waals surface area (Å²) in [5.41, 5.74) is 2.78. The van der Waals surface area contributed by atoms with Gasteiger partial charge in [-0.3, -0.25) is 4.79 Å². The van der Waals surface area contributed by atoms with Crippen LogP contribution in [0, 0.1) is 6.92 Å². The first-order valence-corrected chi connectivity index (χ1v) is 6.22. The highest BCUT2D eigenvalue weighted by Crippen LogP contribution is 2.26. The van der Waals surface area contributed by atoms with E-state index in [1.807, 2.05) is 31.2 Å². The number of ether oxygens (including phenoxy) is 1. The molecule has 3 rings (SSSR count). The van der Waals surface area contributed by atoms with Crippen LogP contribution in [-0.2, 0) is 6.42 Å². The molecule has 0 saturated carbocycles. The highest BCUT2D eigenvalue weighted by molar-refractivity contribution is 6.04. The SMILES string of the molecule is Cc1ccnc(NC(=O)c2ccc3c(c2)CCO3)c1. The minimum Gasteiger partial charge on any atom is -0.493 e. The van der Waals surface area contributed by atoms with Crippen molar-refractivity contribution in [3.63, 3.8) is 0 Å². The molecular formula is C15H14N2O2. The Kier molecular flexibility index (Phi) is 2.91. The van der Waals surface area contributed by atoms with Gasteiger partial charge in [-0.15, -0.1) is 0 Å². The summed E-state index contributed by atoms with van der Waals surface area (Å²) in [6.07, 6.45) is 2.54. The van der Waals surface area contributed by atoms with Crippen LogP contribution in [0.15, 0.2) is 36.5 Å². The van der Waals surface area contributed by atoms with Crippen LogP contribution in [0.2, 0.25) is 0 Å². The van der Waals surface area contributed by atoms with Crippen molar-refractivity contribution >= 4 is 11.7 Å². The molecule has 1 aromatic carbocycles. The number of carbonyl (C=O) groups excluding carboxylic acids is 1. The Balaban J connectivity index is 1.81. The van der Waals surface area contributed by atoms with Crippen molar-refractivity contribution in [2.45, 2.75) is 13.3 Å². The number of nitrogens with zero attached hydrogens (tertiary/aromatic N) is 1. The van der Waals surface area contributed by atoms with Crippen molar-refractivity contribution in [2.24, 2.45) is 0 Å². The molecule has 1 aliphatic heterocycles. The Hall–Kier alpha value is -2.36. The number of hydrogen-bond acceptors (Lipinski definition) is 3. The predicted octanol–water partition coefficient (Wildman–Crippen LogP) is 2.58. The first-order chi connectivity index (χ1) is 9.22. The van der Waals surface area contributed by atoms with Crippen molar-refractivity contribution in [3.8, 4) is 5.75 Å². The van der Waals surface area contributed by atoms with Gasteiger partial charge in [0, 0.05) is 18.2 Å². The van der Waals surface area contributed by atoms with Crippen LogP contribution in [-0.4, -0.2) is 17.5 Å². The lowest BCUT2D eigenvalue weighted by Gasteiger charge is -2.06. The van der Waals surface area contributed by atoms with E-state index >= 15 is 0 Å². The Morgan fingerprint density at radius 2 is 2.21 bits per heavy atom. The summed E-state index contributed by atoms with van der Waals surface area (Å²) in [4.78, 5) is 16.3. The molecule has 2 aromatic rings. The Morgan fingerprint density at radius 3 is 3.05 bits per heavy atom. The van der Waals surface area contributed by atoms with E-state index in [4.69, 9.17) is 4.74 Å². The zero-order valence-corrected chi connectivity index (χ0v) is 10.6. The normalized spacial score (nSPS) is 12.7. The van der Waals surface area contributed by atoms with Crippen LogP contribution in [0.3, 0.4) is 0 Å². The summed E-state index contributed by atoms with van der Waals surface area (Å²) in [7, 11) is 0. The van der Waals surface area contributed by atoms with Crippen LogP contribution >= 0.6 is 0 Å². The molecule has 0 unspecified atom stereocenters. The standard InChI is InChI=1S/C15H14N2O2/c1-10-4-6-16-14(8-10)17-15(18)12-2-3-13-11(9-12)5-7-19-13/h2-4,6,8-9H,5,7H2,1H3,(H,16,17,18). The summed E-state index contributed by atoms with van der Waals surface area (Å²) in [5, 5.41) is 2.80. The van der Waals surface area contributed by atoms with Gasteiger partial charge in [0.25, 0.3) is 5.91 Å². The fraction of sp³-hybridized carbons (Fsp3) is 0.200. The molecule has 96 valence electrons. The number of nitrogens with one attached hydrogen (secondary N) is 1. The number of carbonyl (C=O) groups is 1. The molecule has 0 spiro atoms. The third-order valence-electron chi connectivity index (χ3n) is 3.11. The molecule has 19 heavy (non-hydrogen) atoms. The van der Waals surface area contributed by atoms with Gasteiger partial charge in [0.15, 0.2) is 0 Å². The molecule has 1 N–H and O–H groups in total. The topological polar surface area (TPSA) is 51.2 Å². The zero-order valence-electron chi connectivity index (χ0n) is 10.6. The minimum atomic E-state index is -0.146. The number of hydrogen-bond donors (Lipinski definition) is 1. The smallest absolute Gasteiger partial charge is 0.256 e. The van der Waals surface area contributed by atoms with Crippen LogP contribution in [0.5, 0.6) is 5.75 Å². The van der Waals surface area contributed by atoms with Crippen LogP contribution in [0.1, 0.15) is 21.5 Å². The lowest BCUT2D eigenvalue weighted by atomic mass is 10.1. The monoisotopic (exact) mass is 254 g/mol. The van der Waals surface area contributed by atoms with Gasteiger partial charge in [0.05, 0.1) is 6.61 Å². The van der Waals surface area contributed by atoms with E-state index in [2.05, 4.69) is 10.3 Å². The summed E-state index contributed by atoms with van der Waals surface area (Å²) in [6, 6.07) is 9.24. The largest absolute Gasteiger partial charge is 0.493 e.